The van der Waals surface area contributed by atoms with E-state index in [1.165, 1.54) is 33.6 Å². The Labute approximate surface area is 116 Å². The second-order valence-corrected chi connectivity index (χ2v) is 5.64. The highest BCUT2D eigenvalue weighted by molar-refractivity contribution is 5.29. The molecule has 0 atom stereocenters. The smallest absolute Gasteiger partial charge is 0.178 e. The van der Waals surface area contributed by atoms with Gasteiger partial charge in [0, 0.05) is 32.4 Å². The largest absolute Gasteiger partial charge is 0.200 e. The van der Waals surface area contributed by atoms with Crippen LogP contribution in [-0.4, -0.2) is 0 Å². The van der Waals surface area contributed by atoms with Gasteiger partial charge in [-0.2, -0.15) is 4.57 Å². The van der Waals surface area contributed by atoms with Crippen molar-refractivity contribution < 1.29 is 4.57 Å². The molecule has 0 spiro atoms. The van der Waals surface area contributed by atoms with E-state index in [2.05, 4.69) is 69.5 Å². The van der Waals surface area contributed by atoms with E-state index in [4.69, 9.17) is 0 Å². The number of pyridine rings is 1. The highest BCUT2D eigenvalue weighted by Gasteiger charge is 2.11. The Morgan fingerprint density at radius 3 is 2.00 bits per heavy atom. The average molecular weight is 254 g/mol. The molecule has 0 aliphatic carbocycles. The molecule has 2 aromatic rings. The zero-order valence-corrected chi connectivity index (χ0v) is 12.7. The fourth-order valence-electron chi connectivity index (χ4n) is 2.69. The van der Waals surface area contributed by atoms with Crippen LogP contribution in [0.15, 0.2) is 30.3 Å². The van der Waals surface area contributed by atoms with Crippen LogP contribution >= 0.6 is 0 Å². The standard InChI is InChI=1S/C18H24N/c1-13-10-16(4)19(17(5)11-13)9-8-18-7-6-14(2)15(3)12-18/h6-7,10-12H,8-9H2,1-5H3/q+1. The highest BCUT2D eigenvalue weighted by atomic mass is 15.0. The summed E-state index contributed by atoms with van der Waals surface area (Å²) in [4.78, 5) is 0. The van der Waals surface area contributed by atoms with E-state index >= 15 is 0 Å². The van der Waals surface area contributed by atoms with Crippen molar-refractivity contribution in [2.45, 2.75) is 47.6 Å². The third-order valence-electron chi connectivity index (χ3n) is 3.92. The molecule has 0 N–H and O–H groups in total. The summed E-state index contributed by atoms with van der Waals surface area (Å²) < 4.78 is 2.40. The lowest BCUT2D eigenvalue weighted by molar-refractivity contribution is -0.708. The molecule has 19 heavy (non-hydrogen) atoms. The second kappa shape index (κ2) is 5.56. The Bertz CT molecular complexity index is 574. The number of aryl methyl sites for hydroxylation is 6. The van der Waals surface area contributed by atoms with Gasteiger partial charge in [0.05, 0.1) is 0 Å². The summed E-state index contributed by atoms with van der Waals surface area (Å²) in [5.74, 6) is 0. The van der Waals surface area contributed by atoms with Gasteiger partial charge in [-0.3, -0.25) is 0 Å². The van der Waals surface area contributed by atoms with Crippen molar-refractivity contribution in [2.75, 3.05) is 0 Å². The molecule has 1 aromatic carbocycles. The first-order valence-corrected chi connectivity index (χ1v) is 7.01. The Balaban J connectivity index is 2.16. The van der Waals surface area contributed by atoms with Gasteiger partial charge in [0.2, 0.25) is 0 Å². The average Bonchev–Trinajstić information content (AvgIpc) is 2.32. The maximum atomic E-state index is 2.40. The van der Waals surface area contributed by atoms with Crippen molar-refractivity contribution in [3.8, 4) is 0 Å². The molecule has 0 amide bonds. The molecular weight excluding hydrogens is 230 g/mol. The zero-order valence-electron chi connectivity index (χ0n) is 12.7. The predicted octanol–water partition coefficient (Wildman–Crippen LogP) is 3.76. The van der Waals surface area contributed by atoms with Gasteiger partial charge in [-0.1, -0.05) is 18.2 Å². The summed E-state index contributed by atoms with van der Waals surface area (Å²) in [5, 5.41) is 0. The van der Waals surface area contributed by atoms with Crippen LogP contribution in [0.25, 0.3) is 0 Å². The van der Waals surface area contributed by atoms with E-state index in [1.807, 2.05) is 0 Å². The van der Waals surface area contributed by atoms with E-state index in [0.717, 1.165) is 13.0 Å². The van der Waals surface area contributed by atoms with Crippen LogP contribution in [0.4, 0.5) is 0 Å². The molecule has 0 unspecified atom stereocenters. The molecule has 0 fully saturated rings. The molecule has 1 nitrogen and oxygen atoms in total. The number of rotatable bonds is 3. The molecule has 0 saturated heterocycles. The van der Waals surface area contributed by atoms with E-state index in [0.29, 0.717) is 0 Å². The molecule has 0 aliphatic rings. The van der Waals surface area contributed by atoms with Gasteiger partial charge in [0.15, 0.2) is 17.9 Å². The third-order valence-corrected chi connectivity index (χ3v) is 3.92. The van der Waals surface area contributed by atoms with Crippen molar-refractivity contribution in [3.63, 3.8) is 0 Å². The minimum absolute atomic E-state index is 1.06. The number of nitrogens with zero attached hydrogens (tertiary/aromatic N) is 1. The molecule has 0 aliphatic heterocycles. The lowest BCUT2D eigenvalue weighted by Gasteiger charge is -2.07. The molecule has 2 rings (SSSR count). The SMILES string of the molecule is Cc1cc(C)[n+](CCc2ccc(C)c(C)c2)c(C)c1. The third kappa shape index (κ3) is 3.23. The molecule has 1 heteroatoms. The molecule has 0 saturated carbocycles. The first-order valence-electron chi connectivity index (χ1n) is 7.01. The maximum Gasteiger partial charge on any atom is 0.178 e. The number of aromatic nitrogens is 1. The molecule has 0 radical (unpaired) electrons. The monoisotopic (exact) mass is 254 g/mol. The summed E-state index contributed by atoms with van der Waals surface area (Å²) >= 11 is 0. The van der Waals surface area contributed by atoms with Gasteiger partial charge in [-0.25, -0.2) is 0 Å². The fraction of sp³-hybridized carbons (Fsp3) is 0.389. The number of hydrogen-bond acceptors (Lipinski definition) is 0. The van der Waals surface area contributed by atoms with Crippen LogP contribution < -0.4 is 4.57 Å². The summed E-state index contributed by atoms with van der Waals surface area (Å²) in [6.45, 7) is 12.0. The lowest BCUT2D eigenvalue weighted by Crippen LogP contribution is -2.41. The zero-order chi connectivity index (χ0) is 14.0. The van der Waals surface area contributed by atoms with Gasteiger partial charge in [-0.15, -0.1) is 0 Å². The van der Waals surface area contributed by atoms with Crippen molar-refractivity contribution in [3.05, 3.63) is 64.0 Å². The minimum atomic E-state index is 1.06. The number of benzene rings is 1. The van der Waals surface area contributed by atoms with Crippen LogP contribution in [0, 0.1) is 34.6 Å². The summed E-state index contributed by atoms with van der Waals surface area (Å²) in [6, 6.07) is 11.3. The Kier molecular flexibility index (Phi) is 4.04. The topological polar surface area (TPSA) is 3.88 Å². The first-order chi connectivity index (χ1) is 8.97. The van der Waals surface area contributed by atoms with Crippen molar-refractivity contribution in [2.24, 2.45) is 0 Å². The quantitative estimate of drug-likeness (QED) is 0.734. The predicted molar refractivity (Wildman–Crippen MR) is 80.5 cm³/mol. The van der Waals surface area contributed by atoms with E-state index in [-0.39, 0.29) is 0 Å². The van der Waals surface area contributed by atoms with Crippen molar-refractivity contribution >= 4 is 0 Å². The summed E-state index contributed by atoms with van der Waals surface area (Å²) in [7, 11) is 0. The Hall–Kier alpha value is -1.63. The molecule has 1 heterocycles. The molecular formula is C18H24N+. The normalized spacial score (nSPS) is 10.8. The van der Waals surface area contributed by atoms with Crippen LogP contribution in [0.1, 0.15) is 33.6 Å². The van der Waals surface area contributed by atoms with Crippen LogP contribution in [0.3, 0.4) is 0 Å². The first kappa shape index (κ1) is 13.8. The number of hydrogen-bond donors (Lipinski definition) is 0. The Morgan fingerprint density at radius 1 is 0.789 bits per heavy atom. The van der Waals surface area contributed by atoms with Crippen LogP contribution in [-0.2, 0) is 13.0 Å². The van der Waals surface area contributed by atoms with Gasteiger partial charge < -0.3 is 0 Å². The highest BCUT2D eigenvalue weighted by Crippen LogP contribution is 2.11. The van der Waals surface area contributed by atoms with Gasteiger partial charge in [0.1, 0.15) is 0 Å². The van der Waals surface area contributed by atoms with Crippen molar-refractivity contribution in [1.29, 1.82) is 0 Å². The Morgan fingerprint density at radius 2 is 1.42 bits per heavy atom. The van der Waals surface area contributed by atoms with Gasteiger partial charge >= 0.3 is 0 Å². The molecule has 0 bridgehead atoms. The maximum absolute atomic E-state index is 2.40. The van der Waals surface area contributed by atoms with Crippen molar-refractivity contribution in [1.82, 2.24) is 0 Å². The van der Waals surface area contributed by atoms with Gasteiger partial charge in [0.25, 0.3) is 0 Å². The van der Waals surface area contributed by atoms with Gasteiger partial charge in [-0.05, 0) is 43.0 Å². The van der Waals surface area contributed by atoms with E-state index < -0.39 is 0 Å². The minimum Gasteiger partial charge on any atom is -0.200 e. The summed E-state index contributed by atoms with van der Waals surface area (Å²) in [6.07, 6.45) is 1.09. The van der Waals surface area contributed by atoms with Crippen LogP contribution in [0.2, 0.25) is 0 Å². The molecule has 1 aromatic heterocycles. The lowest BCUT2D eigenvalue weighted by atomic mass is 10.0. The van der Waals surface area contributed by atoms with Crippen LogP contribution in [0.5, 0.6) is 0 Å². The second-order valence-electron chi connectivity index (χ2n) is 5.64. The van der Waals surface area contributed by atoms with E-state index in [1.54, 1.807) is 0 Å². The summed E-state index contributed by atoms with van der Waals surface area (Å²) in [5.41, 5.74) is 8.23. The van der Waals surface area contributed by atoms with E-state index in [9.17, 15) is 0 Å². The fourth-order valence-corrected chi connectivity index (χ4v) is 2.69. The molecule has 100 valence electrons.